The van der Waals surface area contributed by atoms with E-state index in [0.29, 0.717) is 5.25 Å². The second-order valence-corrected chi connectivity index (χ2v) is 4.10. The summed E-state index contributed by atoms with van der Waals surface area (Å²) in [4.78, 5) is 8.24. The van der Waals surface area contributed by atoms with Crippen LogP contribution in [0.15, 0.2) is 23.6 Å². The summed E-state index contributed by atoms with van der Waals surface area (Å²) in [5.74, 6) is 0. The van der Waals surface area contributed by atoms with E-state index in [1.807, 2.05) is 18.0 Å². The highest BCUT2D eigenvalue weighted by Gasteiger charge is 2.15. The lowest BCUT2D eigenvalue weighted by Gasteiger charge is -2.05. The van der Waals surface area contributed by atoms with Gasteiger partial charge in [0.2, 0.25) is 0 Å². The predicted octanol–water partition coefficient (Wildman–Crippen LogP) is 0.931. The van der Waals surface area contributed by atoms with E-state index in [1.165, 1.54) is 6.42 Å². The number of aromatic nitrogens is 2. The van der Waals surface area contributed by atoms with Crippen LogP contribution in [0.25, 0.3) is 0 Å². The van der Waals surface area contributed by atoms with Gasteiger partial charge in [0, 0.05) is 24.2 Å². The molecule has 3 nitrogen and oxygen atoms in total. The van der Waals surface area contributed by atoms with Crippen LogP contribution in [0.1, 0.15) is 6.42 Å². The summed E-state index contributed by atoms with van der Waals surface area (Å²) in [7, 11) is 0. The minimum Gasteiger partial charge on any atom is -0.316 e. The molecule has 0 aromatic carbocycles. The molecule has 0 amide bonds. The number of hydrogen-bond acceptors (Lipinski definition) is 4. The van der Waals surface area contributed by atoms with Crippen molar-refractivity contribution in [2.45, 2.75) is 16.7 Å². The third kappa shape index (κ3) is 1.95. The van der Waals surface area contributed by atoms with Crippen molar-refractivity contribution in [3.8, 4) is 0 Å². The first kappa shape index (κ1) is 8.01. The number of hydrogen-bond donors (Lipinski definition) is 1. The molecular formula is C8H11N3S. The fraction of sp³-hybridized carbons (Fsp3) is 0.500. The Hall–Kier alpha value is -0.610. The van der Waals surface area contributed by atoms with Gasteiger partial charge in [-0.05, 0) is 13.0 Å². The van der Waals surface area contributed by atoms with E-state index in [1.54, 1.807) is 12.4 Å². The van der Waals surface area contributed by atoms with Crippen molar-refractivity contribution < 1.29 is 0 Å². The SMILES string of the molecule is c1cnc(S[C@@H]2CCNC2)cn1. The molecule has 1 atom stereocenters. The van der Waals surface area contributed by atoms with E-state index in [0.717, 1.165) is 18.1 Å². The molecule has 4 heteroatoms. The van der Waals surface area contributed by atoms with Crippen LogP contribution in [0.4, 0.5) is 0 Å². The van der Waals surface area contributed by atoms with Crippen LogP contribution in [-0.2, 0) is 0 Å². The average molecular weight is 181 g/mol. The molecular weight excluding hydrogens is 170 g/mol. The van der Waals surface area contributed by atoms with E-state index in [9.17, 15) is 0 Å². The standard InChI is InChI=1S/C8H11N3S/c1-2-9-5-7(1)12-8-6-10-3-4-11-8/h3-4,6-7,9H,1-2,5H2/t7-/m1/s1. The molecule has 1 N–H and O–H groups in total. The fourth-order valence-electron chi connectivity index (χ4n) is 1.25. The quantitative estimate of drug-likeness (QED) is 0.736. The molecule has 12 heavy (non-hydrogen) atoms. The van der Waals surface area contributed by atoms with Crippen molar-refractivity contribution in [1.29, 1.82) is 0 Å². The Morgan fingerprint density at radius 1 is 1.50 bits per heavy atom. The Morgan fingerprint density at radius 2 is 2.50 bits per heavy atom. The first-order valence-electron chi connectivity index (χ1n) is 4.08. The average Bonchev–Trinajstić information content (AvgIpc) is 2.59. The zero-order valence-corrected chi connectivity index (χ0v) is 7.55. The third-order valence-corrected chi connectivity index (χ3v) is 3.03. The first-order valence-corrected chi connectivity index (χ1v) is 4.96. The van der Waals surface area contributed by atoms with Gasteiger partial charge in [0.25, 0.3) is 0 Å². The second-order valence-electron chi connectivity index (χ2n) is 2.78. The van der Waals surface area contributed by atoms with Crippen molar-refractivity contribution in [2.75, 3.05) is 13.1 Å². The van der Waals surface area contributed by atoms with Crippen LogP contribution in [0.3, 0.4) is 0 Å². The summed E-state index contributed by atoms with van der Waals surface area (Å²) in [6, 6.07) is 0. The Bertz CT molecular complexity index is 233. The van der Waals surface area contributed by atoms with Gasteiger partial charge in [-0.25, -0.2) is 4.98 Å². The lowest BCUT2D eigenvalue weighted by atomic mass is 10.4. The monoisotopic (exact) mass is 181 g/mol. The van der Waals surface area contributed by atoms with E-state index in [4.69, 9.17) is 0 Å². The fourth-order valence-corrected chi connectivity index (χ4v) is 2.27. The maximum Gasteiger partial charge on any atom is 0.115 e. The molecule has 1 fully saturated rings. The topological polar surface area (TPSA) is 37.8 Å². The lowest BCUT2D eigenvalue weighted by Crippen LogP contribution is -2.10. The highest BCUT2D eigenvalue weighted by molar-refractivity contribution is 7.99. The van der Waals surface area contributed by atoms with Crippen LogP contribution in [0.2, 0.25) is 0 Å². The molecule has 0 aliphatic carbocycles. The molecule has 1 aliphatic rings. The van der Waals surface area contributed by atoms with Crippen molar-refractivity contribution in [2.24, 2.45) is 0 Å². The van der Waals surface area contributed by atoms with Crippen LogP contribution < -0.4 is 5.32 Å². The molecule has 1 aromatic rings. The predicted molar refractivity (Wildman–Crippen MR) is 49.2 cm³/mol. The second kappa shape index (κ2) is 3.87. The Kier molecular flexibility index (Phi) is 2.58. The summed E-state index contributed by atoms with van der Waals surface area (Å²) in [6.07, 6.45) is 6.51. The molecule has 1 aromatic heterocycles. The molecule has 2 heterocycles. The molecule has 0 radical (unpaired) electrons. The summed E-state index contributed by atoms with van der Waals surface area (Å²) < 4.78 is 0. The summed E-state index contributed by atoms with van der Waals surface area (Å²) >= 11 is 1.82. The molecule has 2 rings (SSSR count). The Labute approximate surface area is 76.0 Å². The zero-order valence-electron chi connectivity index (χ0n) is 6.73. The highest BCUT2D eigenvalue weighted by atomic mass is 32.2. The number of nitrogens with one attached hydrogen (secondary N) is 1. The van der Waals surface area contributed by atoms with Gasteiger partial charge in [-0.15, -0.1) is 11.8 Å². The van der Waals surface area contributed by atoms with Crippen LogP contribution in [-0.4, -0.2) is 28.3 Å². The maximum absolute atomic E-state index is 4.21. The van der Waals surface area contributed by atoms with Crippen molar-refractivity contribution in [3.05, 3.63) is 18.6 Å². The molecule has 1 aliphatic heterocycles. The summed E-state index contributed by atoms with van der Waals surface area (Å²) in [5.41, 5.74) is 0. The van der Waals surface area contributed by atoms with Crippen molar-refractivity contribution in [1.82, 2.24) is 15.3 Å². The Balaban J connectivity index is 1.94. The smallest absolute Gasteiger partial charge is 0.115 e. The van der Waals surface area contributed by atoms with Gasteiger partial charge in [-0.3, -0.25) is 4.98 Å². The van der Waals surface area contributed by atoms with Gasteiger partial charge in [0.05, 0.1) is 6.20 Å². The zero-order chi connectivity index (χ0) is 8.23. The molecule has 0 spiro atoms. The van der Waals surface area contributed by atoms with Gasteiger partial charge in [-0.1, -0.05) is 0 Å². The molecule has 1 saturated heterocycles. The van der Waals surface area contributed by atoms with Gasteiger partial charge in [-0.2, -0.15) is 0 Å². The van der Waals surface area contributed by atoms with Crippen LogP contribution in [0, 0.1) is 0 Å². The van der Waals surface area contributed by atoms with Gasteiger partial charge in [0.1, 0.15) is 5.03 Å². The summed E-state index contributed by atoms with van der Waals surface area (Å²) in [6.45, 7) is 2.24. The van der Waals surface area contributed by atoms with E-state index < -0.39 is 0 Å². The third-order valence-electron chi connectivity index (χ3n) is 1.84. The minimum atomic E-state index is 0.682. The van der Waals surface area contributed by atoms with Crippen molar-refractivity contribution in [3.63, 3.8) is 0 Å². The van der Waals surface area contributed by atoms with E-state index >= 15 is 0 Å². The van der Waals surface area contributed by atoms with Crippen LogP contribution in [0.5, 0.6) is 0 Å². The van der Waals surface area contributed by atoms with Gasteiger partial charge in [0.15, 0.2) is 0 Å². The number of rotatable bonds is 2. The molecule has 0 saturated carbocycles. The molecule has 64 valence electrons. The molecule has 0 unspecified atom stereocenters. The van der Waals surface area contributed by atoms with E-state index in [2.05, 4.69) is 15.3 Å². The minimum absolute atomic E-state index is 0.682. The Morgan fingerprint density at radius 3 is 3.17 bits per heavy atom. The van der Waals surface area contributed by atoms with Crippen molar-refractivity contribution >= 4 is 11.8 Å². The van der Waals surface area contributed by atoms with Crippen LogP contribution >= 0.6 is 11.8 Å². The lowest BCUT2D eigenvalue weighted by molar-refractivity contribution is 0.858. The number of thioether (sulfide) groups is 1. The molecule has 0 bridgehead atoms. The largest absolute Gasteiger partial charge is 0.316 e. The highest BCUT2D eigenvalue weighted by Crippen LogP contribution is 2.23. The first-order chi connectivity index (χ1) is 5.95. The normalized spacial score (nSPS) is 22.8. The van der Waals surface area contributed by atoms with E-state index in [-0.39, 0.29) is 0 Å². The number of nitrogens with zero attached hydrogens (tertiary/aromatic N) is 2. The maximum atomic E-state index is 4.21. The van der Waals surface area contributed by atoms with Gasteiger partial charge >= 0.3 is 0 Å². The van der Waals surface area contributed by atoms with Gasteiger partial charge < -0.3 is 5.32 Å². The summed E-state index contributed by atoms with van der Waals surface area (Å²) in [5, 5.41) is 5.04.